The Morgan fingerprint density at radius 3 is 2.53 bits per heavy atom. The molecule has 10 heteroatoms. The van der Waals surface area contributed by atoms with Gasteiger partial charge in [-0.05, 0) is 35.9 Å². The number of ether oxygens (including phenoxy) is 1. The van der Waals surface area contributed by atoms with Crippen LogP contribution in [0.25, 0.3) is 0 Å². The summed E-state index contributed by atoms with van der Waals surface area (Å²) in [5.74, 6) is 1.26. The lowest BCUT2D eigenvalue weighted by Gasteiger charge is -2.44. The van der Waals surface area contributed by atoms with Crippen molar-refractivity contribution in [3.8, 4) is 0 Å². The number of aliphatic imine (C=N–C) groups is 1. The van der Waals surface area contributed by atoms with Crippen LogP contribution in [-0.2, 0) is 23.1 Å². The zero-order valence-electron chi connectivity index (χ0n) is 19.1. The summed E-state index contributed by atoms with van der Waals surface area (Å²) in [4.78, 5) is 23.3. The molecule has 3 aliphatic heterocycles. The van der Waals surface area contributed by atoms with Crippen molar-refractivity contribution in [2.24, 2.45) is 4.99 Å². The van der Waals surface area contributed by atoms with Gasteiger partial charge in [-0.2, -0.15) is 13.2 Å². The van der Waals surface area contributed by atoms with Gasteiger partial charge in [0.05, 0.1) is 17.8 Å². The lowest BCUT2D eigenvalue weighted by atomic mass is 9.82. The van der Waals surface area contributed by atoms with E-state index >= 15 is 0 Å². The third kappa shape index (κ3) is 3.92. The fraction of sp³-hybridized carbons (Fsp3) is 0.269. The number of hydrogen-bond acceptors (Lipinski definition) is 6. The molecule has 7 nitrogen and oxygen atoms in total. The number of hydrogen-bond donors (Lipinski definition) is 2. The highest BCUT2D eigenvalue weighted by molar-refractivity contribution is 6.09. The summed E-state index contributed by atoms with van der Waals surface area (Å²) in [5, 5.41) is 5.79. The lowest BCUT2D eigenvalue weighted by molar-refractivity contribution is -0.137. The number of nitrogens with zero attached hydrogens (tertiary/aromatic N) is 3. The molecule has 36 heavy (non-hydrogen) atoms. The number of rotatable bonds is 2. The van der Waals surface area contributed by atoms with Gasteiger partial charge in [0.2, 0.25) is 0 Å². The Labute approximate surface area is 205 Å². The number of carbonyl (C=O) groups excluding carboxylic acids is 1. The molecule has 1 saturated heterocycles. The molecule has 0 unspecified atom stereocenters. The molecule has 2 aromatic carbocycles. The van der Waals surface area contributed by atoms with Crippen molar-refractivity contribution in [2.45, 2.75) is 31.2 Å². The van der Waals surface area contributed by atoms with Crippen LogP contribution in [0.1, 0.15) is 35.1 Å². The van der Waals surface area contributed by atoms with Gasteiger partial charge in [0.25, 0.3) is 0 Å². The summed E-state index contributed by atoms with van der Waals surface area (Å²) < 4.78 is 45.1. The van der Waals surface area contributed by atoms with Gasteiger partial charge in [-0.1, -0.05) is 24.3 Å². The average Bonchev–Trinajstić information content (AvgIpc) is 2.88. The molecule has 0 aliphatic carbocycles. The average molecular weight is 493 g/mol. The predicted molar refractivity (Wildman–Crippen MR) is 129 cm³/mol. The number of alkyl halides is 3. The number of amides is 1. The summed E-state index contributed by atoms with van der Waals surface area (Å²) in [7, 11) is 0. The van der Waals surface area contributed by atoms with E-state index in [0.29, 0.717) is 55.1 Å². The Hall–Kier alpha value is -4.08. The third-order valence-electron chi connectivity index (χ3n) is 6.96. The van der Waals surface area contributed by atoms with Gasteiger partial charge in [0.1, 0.15) is 17.3 Å². The summed E-state index contributed by atoms with van der Waals surface area (Å²) >= 11 is 0. The number of piperidine rings is 1. The Kier molecular flexibility index (Phi) is 5.13. The van der Waals surface area contributed by atoms with Crippen molar-refractivity contribution < 1.29 is 22.7 Å². The highest BCUT2D eigenvalue weighted by Gasteiger charge is 2.44. The first kappa shape index (κ1) is 22.4. The van der Waals surface area contributed by atoms with Gasteiger partial charge < -0.3 is 15.0 Å². The van der Waals surface area contributed by atoms with Gasteiger partial charge >= 0.3 is 12.3 Å². The highest BCUT2D eigenvalue weighted by atomic mass is 19.4. The van der Waals surface area contributed by atoms with Gasteiger partial charge in [-0.25, -0.2) is 9.78 Å². The third-order valence-corrected chi connectivity index (χ3v) is 6.96. The van der Waals surface area contributed by atoms with Crippen molar-refractivity contribution in [3.63, 3.8) is 0 Å². The molecule has 1 amide bonds. The Morgan fingerprint density at radius 1 is 0.972 bits per heavy atom. The van der Waals surface area contributed by atoms with Gasteiger partial charge in [-0.3, -0.25) is 10.3 Å². The normalized spacial score (nSPS) is 18.4. The van der Waals surface area contributed by atoms with Gasteiger partial charge in [-0.15, -0.1) is 0 Å². The minimum Gasteiger partial charge on any atom is -0.438 e. The second kappa shape index (κ2) is 8.25. The number of benzene rings is 2. The van der Waals surface area contributed by atoms with Gasteiger partial charge in [0.15, 0.2) is 0 Å². The van der Waals surface area contributed by atoms with E-state index in [1.807, 2.05) is 36.4 Å². The SMILES string of the molecule is O=C1Nc2ccccc2C2(CCN(c3ccc(C4=NCc5ccc(C(F)(F)F)cc5N4)cn3)CC2)O1. The molecule has 1 aromatic heterocycles. The number of nitrogens with one attached hydrogen (secondary N) is 2. The van der Waals surface area contributed by atoms with E-state index in [4.69, 9.17) is 4.74 Å². The van der Waals surface area contributed by atoms with E-state index in [9.17, 15) is 18.0 Å². The van der Waals surface area contributed by atoms with E-state index in [2.05, 4.69) is 25.5 Å². The summed E-state index contributed by atoms with van der Waals surface area (Å²) in [6.07, 6.45) is -1.91. The van der Waals surface area contributed by atoms with E-state index in [0.717, 1.165) is 29.2 Å². The molecule has 1 spiro atoms. The van der Waals surface area contributed by atoms with Crippen LogP contribution < -0.4 is 15.5 Å². The maximum Gasteiger partial charge on any atom is 0.416 e. The summed E-state index contributed by atoms with van der Waals surface area (Å²) in [6, 6.07) is 15.1. The van der Waals surface area contributed by atoms with E-state index < -0.39 is 23.4 Å². The number of amidine groups is 1. The largest absolute Gasteiger partial charge is 0.438 e. The zero-order valence-corrected chi connectivity index (χ0v) is 19.1. The Bertz CT molecular complexity index is 1360. The number of pyridine rings is 1. The fourth-order valence-corrected chi connectivity index (χ4v) is 5.04. The number of para-hydroxylation sites is 1. The second-order valence-corrected chi connectivity index (χ2v) is 9.11. The predicted octanol–water partition coefficient (Wildman–Crippen LogP) is 5.53. The Balaban J connectivity index is 1.16. The van der Waals surface area contributed by atoms with Crippen LogP contribution in [0.5, 0.6) is 0 Å². The molecule has 1 fully saturated rings. The molecule has 0 atom stereocenters. The van der Waals surface area contributed by atoms with E-state index in [1.165, 1.54) is 6.07 Å². The minimum absolute atomic E-state index is 0.292. The summed E-state index contributed by atoms with van der Waals surface area (Å²) in [6.45, 7) is 1.60. The van der Waals surface area contributed by atoms with Crippen molar-refractivity contribution in [1.82, 2.24) is 4.98 Å². The first-order chi connectivity index (χ1) is 17.3. The second-order valence-electron chi connectivity index (χ2n) is 9.11. The van der Waals surface area contributed by atoms with Crippen molar-refractivity contribution in [1.29, 1.82) is 0 Å². The number of halogens is 3. The van der Waals surface area contributed by atoms with Crippen LogP contribution in [0.2, 0.25) is 0 Å². The number of carbonyl (C=O) groups is 1. The first-order valence-electron chi connectivity index (χ1n) is 11.6. The molecular formula is C26H22F3N5O2. The highest BCUT2D eigenvalue weighted by Crippen LogP contribution is 2.44. The molecule has 0 saturated carbocycles. The fourth-order valence-electron chi connectivity index (χ4n) is 5.04. The molecular weight excluding hydrogens is 471 g/mol. The lowest BCUT2D eigenvalue weighted by Crippen LogP contribution is -2.48. The summed E-state index contributed by atoms with van der Waals surface area (Å²) in [5.41, 5.74) is 2.22. The van der Waals surface area contributed by atoms with Crippen LogP contribution in [-0.4, -0.2) is 30.0 Å². The van der Waals surface area contributed by atoms with Crippen LogP contribution in [0.15, 0.2) is 65.8 Å². The molecule has 184 valence electrons. The van der Waals surface area contributed by atoms with Crippen LogP contribution in [0.3, 0.4) is 0 Å². The first-order valence-corrected chi connectivity index (χ1v) is 11.6. The van der Waals surface area contributed by atoms with Crippen LogP contribution >= 0.6 is 0 Å². The Morgan fingerprint density at radius 2 is 1.78 bits per heavy atom. The molecule has 2 N–H and O–H groups in total. The van der Waals surface area contributed by atoms with Crippen molar-refractivity contribution in [3.05, 3.63) is 83.0 Å². The maximum absolute atomic E-state index is 13.1. The standard InChI is InChI=1S/C26H22F3N5O2/c27-26(28,29)18-7-5-16-14-31-23(32-21(16)13-18)17-6-8-22(30-15-17)34-11-9-25(10-12-34)19-3-1-2-4-20(19)33-24(35)36-25/h1-8,13,15H,9-12,14H2,(H,31,32)(H,33,35). The quantitative estimate of drug-likeness (QED) is 0.491. The maximum atomic E-state index is 13.1. The smallest absolute Gasteiger partial charge is 0.416 e. The topological polar surface area (TPSA) is 78.9 Å². The van der Waals surface area contributed by atoms with Gasteiger partial charge in [0, 0.05) is 48.9 Å². The monoisotopic (exact) mass is 493 g/mol. The van der Waals surface area contributed by atoms with Crippen molar-refractivity contribution >= 4 is 29.1 Å². The molecule has 6 rings (SSSR count). The van der Waals surface area contributed by atoms with Crippen LogP contribution in [0, 0.1) is 0 Å². The zero-order chi connectivity index (χ0) is 24.9. The van der Waals surface area contributed by atoms with Crippen LogP contribution in [0.4, 0.5) is 35.2 Å². The van der Waals surface area contributed by atoms with E-state index in [-0.39, 0.29) is 0 Å². The number of aromatic nitrogens is 1. The minimum atomic E-state index is -4.41. The molecule has 3 aliphatic rings. The van der Waals surface area contributed by atoms with Crippen molar-refractivity contribution in [2.75, 3.05) is 28.6 Å². The number of fused-ring (bicyclic) bond motifs is 3. The molecule has 3 aromatic rings. The number of anilines is 3. The van der Waals surface area contributed by atoms with E-state index in [1.54, 1.807) is 6.20 Å². The molecule has 4 heterocycles. The molecule has 0 bridgehead atoms. The molecule has 0 radical (unpaired) electrons.